The molecule has 2 heteroatoms. The molecule has 1 aliphatic carbocycles. The number of carbonyl (C=O) groups is 1. The van der Waals surface area contributed by atoms with Gasteiger partial charge in [0.2, 0.25) is 0 Å². The highest BCUT2D eigenvalue weighted by Crippen LogP contribution is 2.44. The monoisotopic (exact) mass is 317 g/mol. The number of hydrogen-bond acceptors (Lipinski definition) is 2. The van der Waals surface area contributed by atoms with Crippen LogP contribution in [0.3, 0.4) is 0 Å². The van der Waals surface area contributed by atoms with Crippen molar-refractivity contribution in [2.45, 2.75) is 39.5 Å². The lowest BCUT2D eigenvalue weighted by Gasteiger charge is -2.30. The molecule has 0 fully saturated rings. The molecule has 0 spiro atoms. The minimum Gasteiger partial charge on any atom is -0.344 e. The van der Waals surface area contributed by atoms with Gasteiger partial charge in [-0.1, -0.05) is 45.0 Å². The summed E-state index contributed by atoms with van der Waals surface area (Å²) in [6.45, 7) is 6.51. The van der Waals surface area contributed by atoms with Crippen LogP contribution in [0, 0.1) is 0 Å². The molecule has 4 rings (SSSR count). The number of anilines is 1. The molecule has 0 atom stereocenters. The molecule has 0 amide bonds. The summed E-state index contributed by atoms with van der Waals surface area (Å²) in [5.41, 5.74) is 9.07. The zero-order chi connectivity index (χ0) is 17.0. The number of fused-ring (bicyclic) bond motifs is 3. The topological polar surface area (TPSA) is 20.3 Å². The number of allylic oxidation sites excluding steroid dienone is 1. The van der Waals surface area contributed by atoms with E-state index in [2.05, 4.69) is 69.1 Å². The molecule has 0 saturated carbocycles. The van der Waals surface area contributed by atoms with Crippen molar-refractivity contribution in [1.82, 2.24) is 0 Å². The second-order valence-electron chi connectivity index (χ2n) is 7.17. The van der Waals surface area contributed by atoms with Crippen molar-refractivity contribution < 1.29 is 4.79 Å². The van der Waals surface area contributed by atoms with Crippen LogP contribution in [0.1, 0.15) is 59.3 Å². The highest BCUT2D eigenvalue weighted by molar-refractivity contribution is 6.23. The Balaban J connectivity index is 1.84. The number of benzene rings is 2. The van der Waals surface area contributed by atoms with Crippen molar-refractivity contribution in [1.29, 1.82) is 0 Å². The Morgan fingerprint density at radius 3 is 2.58 bits per heavy atom. The summed E-state index contributed by atoms with van der Waals surface area (Å²) in [6.07, 6.45) is 1.77. The van der Waals surface area contributed by atoms with E-state index in [1.54, 1.807) is 0 Å². The standard InChI is InChI=1S/C22H23NO/c1-5-14-6-9-20-16(10-14)12-19-21(23(20)4)17-8-7-15(13(2)3)11-18(17)22(19)24/h6-11,13H,5,12H2,1-4H3. The first kappa shape index (κ1) is 15.2. The zero-order valence-corrected chi connectivity index (χ0v) is 14.8. The molecular weight excluding hydrogens is 294 g/mol. The highest BCUT2D eigenvalue weighted by Gasteiger charge is 2.36. The first-order valence-electron chi connectivity index (χ1n) is 8.79. The minimum absolute atomic E-state index is 0.210. The molecule has 0 bridgehead atoms. The van der Waals surface area contributed by atoms with Gasteiger partial charge < -0.3 is 4.90 Å². The van der Waals surface area contributed by atoms with E-state index in [0.717, 1.165) is 35.2 Å². The van der Waals surface area contributed by atoms with Crippen molar-refractivity contribution in [2.24, 2.45) is 0 Å². The number of carbonyl (C=O) groups excluding carboxylic acids is 1. The van der Waals surface area contributed by atoms with Crippen LogP contribution in [0.2, 0.25) is 0 Å². The quantitative estimate of drug-likeness (QED) is 0.779. The maximum absolute atomic E-state index is 13.0. The van der Waals surface area contributed by atoms with Gasteiger partial charge in [-0.2, -0.15) is 0 Å². The summed E-state index contributed by atoms with van der Waals surface area (Å²) >= 11 is 0. The van der Waals surface area contributed by atoms with Crippen LogP contribution in [-0.4, -0.2) is 12.8 Å². The Hall–Kier alpha value is -2.35. The van der Waals surface area contributed by atoms with Gasteiger partial charge in [0, 0.05) is 35.9 Å². The van der Waals surface area contributed by atoms with Crippen LogP contribution in [0.4, 0.5) is 5.69 Å². The lowest BCUT2D eigenvalue weighted by atomic mass is 9.94. The SMILES string of the molecule is CCc1ccc2c(c1)CC1=C(c3ccc(C(C)C)cc3C1=O)N2C. The number of rotatable bonds is 2. The van der Waals surface area contributed by atoms with Gasteiger partial charge in [-0.3, -0.25) is 4.79 Å². The fourth-order valence-corrected chi connectivity index (χ4v) is 3.93. The molecule has 2 nitrogen and oxygen atoms in total. The molecular formula is C22H23NO. The summed E-state index contributed by atoms with van der Waals surface area (Å²) in [5, 5.41) is 0. The maximum atomic E-state index is 13.0. The second kappa shape index (κ2) is 5.34. The third-order valence-electron chi connectivity index (χ3n) is 5.39. The van der Waals surface area contributed by atoms with Gasteiger partial charge in [0.25, 0.3) is 0 Å². The average molecular weight is 317 g/mol. The molecule has 0 N–H and O–H groups in total. The van der Waals surface area contributed by atoms with Crippen molar-refractivity contribution in [3.05, 3.63) is 69.8 Å². The number of Topliss-reactive ketones (excluding diaryl/α,β-unsaturated/α-hetero) is 1. The van der Waals surface area contributed by atoms with E-state index in [1.165, 1.54) is 22.4 Å². The summed E-state index contributed by atoms with van der Waals surface area (Å²) in [7, 11) is 2.08. The van der Waals surface area contributed by atoms with Crippen molar-refractivity contribution in [2.75, 3.05) is 11.9 Å². The van der Waals surface area contributed by atoms with Gasteiger partial charge >= 0.3 is 0 Å². The van der Waals surface area contributed by atoms with E-state index in [9.17, 15) is 4.79 Å². The fourth-order valence-electron chi connectivity index (χ4n) is 3.93. The fraction of sp³-hybridized carbons (Fsp3) is 0.318. The van der Waals surface area contributed by atoms with Crippen molar-refractivity contribution >= 4 is 17.2 Å². The summed E-state index contributed by atoms with van der Waals surface area (Å²) < 4.78 is 0. The van der Waals surface area contributed by atoms with Gasteiger partial charge in [0.05, 0.1) is 5.70 Å². The van der Waals surface area contributed by atoms with E-state index < -0.39 is 0 Å². The molecule has 1 heterocycles. The van der Waals surface area contributed by atoms with Gasteiger partial charge in [0.1, 0.15) is 0 Å². The van der Waals surface area contributed by atoms with Crippen LogP contribution in [0.15, 0.2) is 42.0 Å². The molecule has 0 saturated heterocycles. The molecule has 2 aliphatic rings. The molecule has 0 radical (unpaired) electrons. The zero-order valence-electron chi connectivity index (χ0n) is 14.8. The second-order valence-corrected chi connectivity index (χ2v) is 7.17. The molecule has 0 aromatic heterocycles. The normalized spacial score (nSPS) is 15.7. The average Bonchev–Trinajstić information content (AvgIpc) is 2.87. The number of aryl methyl sites for hydroxylation is 1. The number of ketones is 1. The van der Waals surface area contributed by atoms with E-state index in [1.807, 2.05) is 0 Å². The van der Waals surface area contributed by atoms with Crippen LogP contribution in [-0.2, 0) is 12.8 Å². The first-order chi connectivity index (χ1) is 11.5. The Morgan fingerprint density at radius 1 is 1.08 bits per heavy atom. The summed E-state index contributed by atoms with van der Waals surface area (Å²) in [4.78, 5) is 15.2. The molecule has 122 valence electrons. The first-order valence-corrected chi connectivity index (χ1v) is 8.79. The Bertz CT molecular complexity index is 889. The number of hydrogen-bond donors (Lipinski definition) is 0. The lowest BCUT2D eigenvalue weighted by molar-refractivity contribution is 0.103. The summed E-state index contributed by atoms with van der Waals surface area (Å²) in [5.74, 6) is 0.643. The molecule has 2 aromatic carbocycles. The molecule has 2 aromatic rings. The smallest absolute Gasteiger partial charge is 0.192 e. The van der Waals surface area contributed by atoms with E-state index in [-0.39, 0.29) is 5.78 Å². The summed E-state index contributed by atoms with van der Waals surface area (Å²) in [6, 6.07) is 13.0. The van der Waals surface area contributed by atoms with Crippen LogP contribution < -0.4 is 4.90 Å². The number of nitrogens with zero attached hydrogens (tertiary/aromatic N) is 1. The van der Waals surface area contributed by atoms with Gasteiger partial charge in [0.15, 0.2) is 5.78 Å². The molecule has 1 aliphatic heterocycles. The van der Waals surface area contributed by atoms with E-state index in [0.29, 0.717) is 5.92 Å². The Labute approximate surface area is 143 Å². The molecule has 24 heavy (non-hydrogen) atoms. The van der Waals surface area contributed by atoms with E-state index in [4.69, 9.17) is 0 Å². The maximum Gasteiger partial charge on any atom is 0.192 e. The van der Waals surface area contributed by atoms with Crippen LogP contribution in [0.5, 0.6) is 0 Å². The van der Waals surface area contributed by atoms with Crippen molar-refractivity contribution in [3.63, 3.8) is 0 Å². The van der Waals surface area contributed by atoms with Gasteiger partial charge in [-0.05, 0) is 41.2 Å². The van der Waals surface area contributed by atoms with E-state index >= 15 is 0 Å². The largest absolute Gasteiger partial charge is 0.344 e. The minimum atomic E-state index is 0.210. The highest BCUT2D eigenvalue weighted by atomic mass is 16.1. The third-order valence-corrected chi connectivity index (χ3v) is 5.39. The van der Waals surface area contributed by atoms with Crippen LogP contribution in [0.25, 0.3) is 5.70 Å². The van der Waals surface area contributed by atoms with Crippen molar-refractivity contribution in [3.8, 4) is 0 Å². The Morgan fingerprint density at radius 2 is 1.88 bits per heavy atom. The lowest BCUT2D eigenvalue weighted by Crippen LogP contribution is -2.22. The van der Waals surface area contributed by atoms with Gasteiger partial charge in [-0.15, -0.1) is 0 Å². The predicted octanol–water partition coefficient (Wildman–Crippen LogP) is 4.97. The third kappa shape index (κ3) is 2.06. The van der Waals surface area contributed by atoms with Crippen LogP contribution >= 0.6 is 0 Å². The Kier molecular flexibility index (Phi) is 3.38. The molecule has 0 unspecified atom stereocenters. The predicted molar refractivity (Wildman–Crippen MR) is 99.7 cm³/mol. The van der Waals surface area contributed by atoms with Gasteiger partial charge in [-0.25, -0.2) is 0 Å².